The number of hydrogen-bond donors (Lipinski definition) is 1. The smallest absolute Gasteiger partial charge is 0.178 e. The van der Waals surface area contributed by atoms with Crippen LogP contribution in [0.5, 0.6) is 0 Å². The predicted molar refractivity (Wildman–Crippen MR) is 58.4 cm³/mol. The fraction of sp³-hybridized carbons (Fsp3) is 0.111. The molecular formula is C9H9N3S2. The van der Waals surface area contributed by atoms with Crippen LogP contribution in [0.15, 0.2) is 39.0 Å². The van der Waals surface area contributed by atoms with Gasteiger partial charge in [0, 0.05) is 11.4 Å². The quantitative estimate of drug-likeness (QED) is 0.866. The summed E-state index contributed by atoms with van der Waals surface area (Å²) in [6, 6.07) is 8.08. The summed E-state index contributed by atoms with van der Waals surface area (Å²) in [7, 11) is 0. The van der Waals surface area contributed by atoms with Gasteiger partial charge in [-0.25, -0.2) is 0 Å². The van der Waals surface area contributed by atoms with E-state index in [1.807, 2.05) is 24.3 Å². The van der Waals surface area contributed by atoms with Crippen molar-refractivity contribution in [2.24, 2.45) is 5.73 Å². The Morgan fingerprint density at radius 2 is 2.21 bits per heavy atom. The molecule has 5 heteroatoms. The van der Waals surface area contributed by atoms with E-state index in [4.69, 9.17) is 5.73 Å². The van der Waals surface area contributed by atoms with Crippen LogP contribution in [0.3, 0.4) is 0 Å². The molecule has 0 aliphatic carbocycles. The van der Waals surface area contributed by atoms with Gasteiger partial charge in [-0.3, -0.25) is 0 Å². The van der Waals surface area contributed by atoms with E-state index in [1.165, 1.54) is 11.3 Å². The minimum Gasteiger partial charge on any atom is -0.326 e. The first kappa shape index (κ1) is 9.64. The van der Waals surface area contributed by atoms with Crippen molar-refractivity contribution in [3.63, 3.8) is 0 Å². The van der Waals surface area contributed by atoms with E-state index in [0.717, 1.165) is 14.8 Å². The van der Waals surface area contributed by atoms with Crippen molar-refractivity contribution in [2.45, 2.75) is 15.8 Å². The lowest BCUT2D eigenvalue weighted by Crippen LogP contribution is -1.97. The van der Waals surface area contributed by atoms with Gasteiger partial charge in [0.05, 0.1) is 0 Å². The second-order valence-electron chi connectivity index (χ2n) is 2.62. The first-order chi connectivity index (χ1) is 6.90. The van der Waals surface area contributed by atoms with Gasteiger partial charge >= 0.3 is 0 Å². The zero-order valence-electron chi connectivity index (χ0n) is 7.38. The van der Waals surface area contributed by atoms with Gasteiger partial charge in [0.1, 0.15) is 5.51 Å². The summed E-state index contributed by atoms with van der Waals surface area (Å²) < 4.78 is 0.950. The highest BCUT2D eigenvalue weighted by atomic mass is 32.2. The first-order valence-corrected chi connectivity index (χ1v) is 5.82. The average Bonchev–Trinajstić information content (AvgIpc) is 2.71. The Bertz CT molecular complexity index is 400. The molecule has 0 saturated heterocycles. The molecule has 1 heterocycles. The molecule has 2 N–H and O–H groups in total. The van der Waals surface area contributed by atoms with Gasteiger partial charge in [0.2, 0.25) is 0 Å². The summed E-state index contributed by atoms with van der Waals surface area (Å²) in [5.74, 6) is 0. The summed E-state index contributed by atoms with van der Waals surface area (Å²) in [4.78, 5) is 1.16. The summed E-state index contributed by atoms with van der Waals surface area (Å²) in [5, 5.41) is 7.77. The van der Waals surface area contributed by atoms with Crippen molar-refractivity contribution >= 4 is 23.1 Å². The second kappa shape index (κ2) is 4.54. The van der Waals surface area contributed by atoms with Crippen LogP contribution in [0, 0.1) is 0 Å². The monoisotopic (exact) mass is 223 g/mol. The molecule has 0 aliphatic rings. The van der Waals surface area contributed by atoms with Gasteiger partial charge in [0.15, 0.2) is 4.34 Å². The standard InChI is InChI=1S/C9H9N3S2/c10-5-7-3-1-2-4-8(7)14-9-12-11-6-13-9/h1-4,6H,5,10H2. The van der Waals surface area contributed by atoms with E-state index in [2.05, 4.69) is 10.2 Å². The largest absolute Gasteiger partial charge is 0.326 e. The number of benzene rings is 1. The molecule has 1 aromatic heterocycles. The zero-order valence-corrected chi connectivity index (χ0v) is 9.02. The van der Waals surface area contributed by atoms with E-state index in [-0.39, 0.29) is 0 Å². The topological polar surface area (TPSA) is 51.8 Å². The fourth-order valence-electron chi connectivity index (χ4n) is 1.07. The van der Waals surface area contributed by atoms with Crippen LogP contribution >= 0.6 is 23.1 Å². The van der Waals surface area contributed by atoms with Crippen LogP contribution in [0.1, 0.15) is 5.56 Å². The number of aromatic nitrogens is 2. The molecule has 0 radical (unpaired) electrons. The maximum Gasteiger partial charge on any atom is 0.178 e. The van der Waals surface area contributed by atoms with Crippen molar-refractivity contribution in [3.8, 4) is 0 Å². The molecular weight excluding hydrogens is 214 g/mol. The summed E-state index contributed by atoms with van der Waals surface area (Å²) in [5.41, 5.74) is 8.51. The number of nitrogens with two attached hydrogens (primary N) is 1. The summed E-state index contributed by atoms with van der Waals surface area (Å²) in [6.07, 6.45) is 0. The molecule has 2 aromatic rings. The molecule has 0 atom stereocenters. The van der Waals surface area contributed by atoms with Gasteiger partial charge in [0.25, 0.3) is 0 Å². The fourth-order valence-corrected chi connectivity index (χ4v) is 2.65. The van der Waals surface area contributed by atoms with E-state index in [9.17, 15) is 0 Å². The lowest BCUT2D eigenvalue weighted by Gasteiger charge is -2.03. The normalized spacial score (nSPS) is 10.4. The molecule has 0 amide bonds. The molecule has 0 aliphatic heterocycles. The van der Waals surface area contributed by atoms with Crippen LogP contribution in [-0.4, -0.2) is 10.2 Å². The Morgan fingerprint density at radius 1 is 1.36 bits per heavy atom. The second-order valence-corrected chi connectivity index (χ2v) is 4.74. The molecule has 2 rings (SSSR count). The molecule has 72 valence electrons. The Morgan fingerprint density at radius 3 is 2.93 bits per heavy atom. The predicted octanol–water partition coefficient (Wildman–Crippen LogP) is 2.15. The highest BCUT2D eigenvalue weighted by Gasteiger charge is 2.04. The molecule has 0 saturated carbocycles. The molecule has 3 nitrogen and oxygen atoms in total. The van der Waals surface area contributed by atoms with Crippen molar-refractivity contribution in [2.75, 3.05) is 0 Å². The maximum atomic E-state index is 5.63. The Hall–Kier alpha value is -0.910. The summed E-state index contributed by atoms with van der Waals surface area (Å²) >= 11 is 3.15. The lowest BCUT2D eigenvalue weighted by atomic mass is 10.2. The highest BCUT2D eigenvalue weighted by molar-refractivity contribution is 8.01. The van der Waals surface area contributed by atoms with Crippen LogP contribution in [0.2, 0.25) is 0 Å². The summed E-state index contributed by atoms with van der Waals surface area (Å²) in [6.45, 7) is 0.558. The highest BCUT2D eigenvalue weighted by Crippen LogP contribution is 2.30. The van der Waals surface area contributed by atoms with E-state index in [0.29, 0.717) is 6.54 Å². The zero-order chi connectivity index (χ0) is 9.80. The molecule has 0 unspecified atom stereocenters. The van der Waals surface area contributed by atoms with Crippen molar-refractivity contribution < 1.29 is 0 Å². The van der Waals surface area contributed by atoms with Crippen molar-refractivity contribution in [3.05, 3.63) is 35.3 Å². The minimum absolute atomic E-state index is 0.558. The van der Waals surface area contributed by atoms with Gasteiger partial charge in [-0.05, 0) is 11.6 Å². The third-order valence-corrected chi connectivity index (χ3v) is 3.63. The third-order valence-electron chi connectivity index (χ3n) is 1.73. The molecule has 14 heavy (non-hydrogen) atoms. The Labute approximate surface area is 90.4 Å². The Balaban J connectivity index is 2.24. The number of nitrogens with zero attached hydrogens (tertiary/aromatic N) is 2. The van der Waals surface area contributed by atoms with Crippen LogP contribution in [-0.2, 0) is 6.54 Å². The molecule has 0 bridgehead atoms. The lowest BCUT2D eigenvalue weighted by molar-refractivity contribution is 1.00. The van der Waals surface area contributed by atoms with Crippen molar-refractivity contribution in [1.29, 1.82) is 0 Å². The van der Waals surface area contributed by atoms with Crippen LogP contribution < -0.4 is 5.73 Å². The van der Waals surface area contributed by atoms with Crippen molar-refractivity contribution in [1.82, 2.24) is 10.2 Å². The minimum atomic E-state index is 0.558. The van der Waals surface area contributed by atoms with Gasteiger partial charge in [-0.2, -0.15) is 0 Å². The average molecular weight is 223 g/mol. The van der Waals surface area contributed by atoms with E-state index in [1.54, 1.807) is 17.3 Å². The first-order valence-electron chi connectivity index (χ1n) is 4.12. The third kappa shape index (κ3) is 2.12. The van der Waals surface area contributed by atoms with E-state index < -0.39 is 0 Å². The maximum absolute atomic E-state index is 5.63. The van der Waals surface area contributed by atoms with E-state index >= 15 is 0 Å². The van der Waals surface area contributed by atoms with Gasteiger partial charge in [-0.15, -0.1) is 10.2 Å². The molecule has 0 spiro atoms. The van der Waals surface area contributed by atoms with Gasteiger partial charge < -0.3 is 5.73 Å². The Kier molecular flexibility index (Phi) is 3.13. The SMILES string of the molecule is NCc1ccccc1Sc1nncs1. The van der Waals surface area contributed by atoms with Crippen LogP contribution in [0.4, 0.5) is 0 Å². The number of rotatable bonds is 3. The molecule has 1 aromatic carbocycles. The van der Waals surface area contributed by atoms with Gasteiger partial charge in [-0.1, -0.05) is 41.3 Å². The van der Waals surface area contributed by atoms with Crippen LogP contribution in [0.25, 0.3) is 0 Å². The molecule has 0 fully saturated rings. The number of hydrogen-bond acceptors (Lipinski definition) is 5.